The van der Waals surface area contributed by atoms with Crippen LogP contribution in [0.1, 0.15) is 59.1 Å². The zero-order valence-electron chi connectivity index (χ0n) is 14.1. The van der Waals surface area contributed by atoms with Crippen molar-refractivity contribution in [1.82, 2.24) is 20.1 Å². The fourth-order valence-corrected chi connectivity index (χ4v) is 2.66. The second-order valence-electron chi connectivity index (χ2n) is 6.92. The van der Waals surface area contributed by atoms with Crippen LogP contribution in [0.4, 0.5) is 0 Å². The molecular formula is C16H30N4O. The lowest BCUT2D eigenvalue weighted by molar-refractivity contribution is 0.0307. The highest BCUT2D eigenvalue weighted by Crippen LogP contribution is 2.21. The van der Waals surface area contributed by atoms with Crippen LogP contribution in [0.5, 0.6) is 0 Å². The summed E-state index contributed by atoms with van der Waals surface area (Å²) < 4.78 is 8.20. The lowest BCUT2D eigenvalue weighted by Crippen LogP contribution is -2.41. The van der Waals surface area contributed by atoms with E-state index in [-0.39, 0.29) is 11.6 Å². The molecular weight excluding hydrogens is 264 g/mol. The summed E-state index contributed by atoms with van der Waals surface area (Å²) in [5.74, 6) is 2.02. The van der Waals surface area contributed by atoms with Crippen LogP contribution in [0.2, 0.25) is 0 Å². The Hall–Kier alpha value is -0.940. The van der Waals surface area contributed by atoms with Crippen LogP contribution in [0.25, 0.3) is 0 Å². The first kappa shape index (κ1) is 16.4. The van der Waals surface area contributed by atoms with E-state index in [0.29, 0.717) is 6.10 Å². The second-order valence-corrected chi connectivity index (χ2v) is 6.92. The Morgan fingerprint density at radius 3 is 2.52 bits per heavy atom. The molecule has 0 spiro atoms. The number of aromatic nitrogens is 3. The van der Waals surface area contributed by atoms with Gasteiger partial charge in [0.1, 0.15) is 5.82 Å². The Morgan fingerprint density at radius 2 is 1.90 bits per heavy atom. The maximum Gasteiger partial charge on any atom is 0.150 e. The van der Waals surface area contributed by atoms with Crippen LogP contribution in [0.15, 0.2) is 0 Å². The molecule has 2 unspecified atom stereocenters. The molecule has 1 fully saturated rings. The molecule has 1 N–H and O–H groups in total. The van der Waals surface area contributed by atoms with Crippen molar-refractivity contribution in [2.24, 2.45) is 0 Å². The number of hydrogen-bond acceptors (Lipinski definition) is 4. The van der Waals surface area contributed by atoms with E-state index in [1.165, 1.54) is 0 Å². The minimum Gasteiger partial charge on any atom is -0.372 e. The van der Waals surface area contributed by atoms with Crippen LogP contribution in [-0.2, 0) is 24.1 Å². The summed E-state index contributed by atoms with van der Waals surface area (Å²) >= 11 is 0. The van der Waals surface area contributed by atoms with Crippen molar-refractivity contribution in [3.8, 4) is 0 Å². The Morgan fingerprint density at radius 1 is 1.19 bits per heavy atom. The molecule has 120 valence electrons. The van der Waals surface area contributed by atoms with Crippen molar-refractivity contribution in [3.63, 3.8) is 0 Å². The molecule has 1 aromatic rings. The number of aryl methyl sites for hydroxylation is 2. The van der Waals surface area contributed by atoms with Gasteiger partial charge in [-0.05, 0) is 33.6 Å². The monoisotopic (exact) mass is 294 g/mol. The fraction of sp³-hybridized carbons (Fsp3) is 0.875. The highest BCUT2D eigenvalue weighted by atomic mass is 16.5. The third-order valence-electron chi connectivity index (χ3n) is 3.86. The number of hydrogen-bond donors (Lipinski definition) is 1. The van der Waals surface area contributed by atoms with E-state index in [0.717, 1.165) is 50.4 Å². The van der Waals surface area contributed by atoms with E-state index in [4.69, 9.17) is 4.74 Å². The zero-order valence-corrected chi connectivity index (χ0v) is 14.1. The van der Waals surface area contributed by atoms with Crippen molar-refractivity contribution >= 4 is 0 Å². The van der Waals surface area contributed by atoms with E-state index in [2.05, 4.69) is 50.0 Å². The van der Waals surface area contributed by atoms with Gasteiger partial charge in [0, 0.05) is 24.9 Å². The Labute approximate surface area is 128 Å². The van der Waals surface area contributed by atoms with Crippen molar-refractivity contribution in [3.05, 3.63) is 11.6 Å². The fourth-order valence-electron chi connectivity index (χ4n) is 2.66. The maximum atomic E-state index is 6.15. The maximum absolute atomic E-state index is 6.15. The Balaban J connectivity index is 1.86. The lowest BCUT2D eigenvalue weighted by atomic mass is 10.1. The van der Waals surface area contributed by atoms with E-state index in [9.17, 15) is 0 Å². The second kappa shape index (κ2) is 6.88. The zero-order chi connectivity index (χ0) is 15.5. The first-order valence-corrected chi connectivity index (χ1v) is 8.24. The third-order valence-corrected chi connectivity index (χ3v) is 3.86. The number of nitrogens with zero attached hydrogens (tertiary/aromatic N) is 3. The van der Waals surface area contributed by atoms with E-state index in [1.54, 1.807) is 0 Å². The first-order valence-electron chi connectivity index (χ1n) is 8.24. The quantitative estimate of drug-likeness (QED) is 0.875. The summed E-state index contributed by atoms with van der Waals surface area (Å²) in [7, 11) is 0. The summed E-state index contributed by atoms with van der Waals surface area (Å²) in [5, 5.41) is 8.11. The van der Waals surface area contributed by atoms with E-state index < -0.39 is 0 Å². The highest BCUT2D eigenvalue weighted by Gasteiger charge is 2.27. The molecule has 0 saturated carbocycles. The molecule has 1 aliphatic heterocycles. The van der Waals surface area contributed by atoms with Gasteiger partial charge < -0.3 is 10.1 Å². The van der Waals surface area contributed by atoms with Crippen LogP contribution in [0.3, 0.4) is 0 Å². The average molecular weight is 294 g/mol. The van der Waals surface area contributed by atoms with Crippen molar-refractivity contribution in [1.29, 1.82) is 0 Å². The van der Waals surface area contributed by atoms with Crippen LogP contribution in [0, 0.1) is 0 Å². The number of rotatable bonds is 6. The molecule has 2 rings (SSSR count). The molecule has 1 aromatic heterocycles. The van der Waals surface area contributed by atoms with Gasteiger partial charge in [-0.2, -0.15) is 5.10 Å². The van der Waals surface area contributed by atoms with Gasteiger partial charge in [-0.25, -0.2) is 9.67 Å². The molecule has 5 heteroatoms. The van der Waals surface area contributed by atoms with Gasteiger partial charge in [-0.15, -0.1) is 0 Å². The molecule has 0 aliphatic carbocycles. The SMILES string of the molecule is CCc1nc(CC)n(CC2CCC(CNC(C)(C)C)O2)n1. The molecule has 1 aliphatic rings. The van der Waals surface area contributed by atoms with Crippen LogP contribution >= 0.6 is 0 Å². The predicted molar refractivity (Wildman–Crippen MR) is 84.4 cm³/mol. The molecule has 2 heterocycles. The minimum absolute atomic E-state index is 0.152. The van der Waals surface area contributed by atoms with Crippen molar-refractivity contribution in [2.75, 3.05) is 6.54 Å². The summed E-state index contributed by atoms with van der Waals surface area (Å²) in [5.41, 5.74) is 0.152. The highest BCUT2D eigenvalue weighted by molar-refractivity contribution is 4.93. The third kappa shape index (κ3) is 4.78. The lowest BCUT2D eigenvalue weighted by Gasteiger charge is -2.23. The Bertz CT molecular complexity index is 450. The standard InChI is InChI=1S/C16H30N4O/c1-6-14-18-15(7-2)20(19-14)11-13-9-8-12(21-13)10-17-16(3,4)5/h12-13,17H,6-11H2,1-5H3. The minimum atomic E-state index is 0.152. The van der Waals surface area contributed by atoms with Gasteiger partial charge in [0.25, 0.3) is 0 Å². The molecule has 0 aromatic carbocycles. The van der Waals surface area contributed by atoms with Gasteiger partial charge in [-0.1, -0.05) is 13.8 Å². The van der Waals surface area contributed by atoms with E-state index >= 15 is 0 Å². The molecule has 0 amide bonds. The van der Waals surface area contributed by atoms with Gasteiger partial charge in [-0.3, -0.25) is 0 Å². The van der Waals surface area contributed by atoms with Gasteiger partial charge in [0.15, 0.2) is 5.82 Å². The summed E-state index contributed by atoms with van der Waals surface area (Å²) in [4.78, 5) is 4.56. The smallest absolute Gasteiger partial charge is 0.150 e. The van der Waals surface area contributed by atoms with Gasteiger partial charge in [0.05, 0.1) is 18.8 Å². The summed E-state index contributed by atoms with van der Waals surface area (Å²) in [6, 6.07) is 0. The summed E-state index contributed by atoms with van der Waals surface area (Å²) in [6.07, 6.45) is 4.66. The summed E-state index contributed by atoms with van der Waals surface area (Å²) in [6.45, 7) is 12.6. The topological polar surface area (TPSA) is 52.0 Å². The molecule has 0 bridgehead atoms. The van der Waals surface area contributed by atoms with Crippen molar-refractivity contribution in [2.45, 2.75) is 84.6 Å². The molecule has 2 atom stereocenters. The van der Waals surface area contributed by atoms with Crippen LogP contribution in [-0.4, -0.2) is 39.1 Å². The predicted octanol–water partition coefficient (Wildman–Crippen LogP) is 2.34. The average Bonchev–Trinajstić information content (AvgIpc) is 3.02. The number of nitrogens with one attached hydrogen (secondary N) is 1. The molecule has 5 nitrogen and oxygen atoms in total. The normalized spacial score (nSPS) is 22.9. The van der Waals surface area contributed by atoms with Gasteiger partial charge >= 0.3 is 0 Å². The van der Waals surface area contributed by atoms with Gasteiger partial charge in [0.2, 0.25) is 0 Å². The largest absolute Gasteiger partial charge is 0.372 e. The number of ether oxygens (including phenoxy) is 1. The molecule has 0 radical (unpaired) electrons. The molecule has 21 heavy (non-hydrogen) atoms. The molecule has 1 saturated heterocycles. The van der Waals surface area contributed by atoms with E-state index in [1.807, 2.05) is 4.68 Å². The van der Waals surface area contributed by atoms with Crippen LogP contribution < -0.4 is 5.32 Å². The van der Waals surface area contributed by atoms with Crippen molar-refractivity contribution < 1.29 is 4.74 Å². The first-order chi connectivity index (χ1) is 9.91. The Kier molecular flexibility index (Phi) is 5.38.